The highest BCUT2D eigenvalue weighted by molar-refractivity contribution is 5.95. The molecule has 2 atom stereocenters. The molecule has 0 saturated carbocycles. The van der Waals surface area contributed by atoms with Gasteiger partial charge in [0, 0.05) is 19.7 Å². The van der Waals surface area contributed by atoms with Crippen LogP contribution in [0, 0.1) is 11.6 Å². The third-order valence-electron chi connectivity index (χ3n) is 3.34. The van der Waals surface area contributed by atoms with Crippen molar-refractivity contribution in [1.29, 1.82) is 0 Å². The molecule has 1 aromatic rings. The summed E-state index contributed by atoms with van der Waals surface area (Å²) in [6, 6.07) is 2.42. The average Bonchev–Trinajstić information content (AvgIpc) is 2.81. The number of hydrogen-bond donors (Lipinski definition) is 1. The smallest absolute Gasteiger partial charge is 0.257 e. The van der Waals surface area contributed by atoms with Crippen LogP contribution in [0.25, 0.3) is 0 Å². The second-order valence-corrected chi connectivity index (χ2v) is 4.51. The molecule has 104 valence electrons. The molecule has 1 aromatic carbocycles. The summed E-state index contributed by atoms with van der Waals surface area (Å²) in [7, 11) is 1.52. The molecule has 1 N–H and O–H groups in total. The van der Waals surface area contributed by atoms with E-state index in [9.17, 15) is 18.7 Å². The molecule has 0 spiro atoms. The number of carbonyl (C=O) groups is 1. The fourth-order valence-electron chi connectivity index (χ4n) is 2.28. The van der Waals surface area contributed by atoms with Crippen LogP contribution in [0.3, 0.4) is 0 Å². The van der Waals surface area contributed by atoms with Crippen LogP contribution in [0.15, 0.2) is 18.2 Å². The highest BCUT2D eigenvalue weighted by Gasteiger charge is 2.36. The van der Waals surface area contributed by atoms with Crippen LogP contribution in [0.1, 0.15) is 16.8 Å². The minimum Gasteiger partial charge on any atom is -0.394 e. The predicted octanol–water partition coefficient (Wildman–Crippen LogP) is 1.19. The van der Waals surface area contributed by atoms with Crippen molar-refractivity contribution in [3.8, 4) is 0 Å². The number of aliphatic hydroxyl groups is 1. The molecule has 4 nitrogen and oxygen atoms in total. The minimum atomic E-state index is -0.900. The molecule has 2 rings (SSSR count). The molecule has 0 bridgehead atoms. The van der Waals surface area contributed by atoms with Crippen molar-refractivity contribution in [2.75, 3.05) is 20.3 Å². The molecule has 1 aliphatic heterocycles. The van der Waals surface area contributed by atoms with Crippen LogP contribution in [-0.4, -0.2) is 48.3 Å². The standard InChI is InChI=1S/C13H15F2NO3/c1-19-10-5-9(7-17)16(6-10)13(18)11-3-2-8(14)4-12(11)15/h2-4,9-10,17H,5-7H2,1H3/t9-,10+/m0/s1. The van der Waals surface area contributed by atoms with E-state index in [0.29, 0.717) is 12.5 Å². The van der Waals surface area contributed by atoms with Crippen molar-refractivity contribution in [1.82, 2.24) is 4.90 Å². The van der Waals surface area contributed by atoms with E-state index in [-0.39, 0.29) is 24.8 Å². The number of nitrogens with zero attached hydrogens (tertiary/aromatic N) is 1. The van der Waals surface area contributed by atoms with Gasteiger partial charge in [-0.2, -0.15) is 0 Å². The van der Waals surface area contributed by atoms with Crippen molar-refractivity contribution < 1.29 is 23.4 Å². The molecular weight excluding hydrogens is 256 g/mol. The lowest BCUT2D eigenvalue weighted by Gasteiger charge is -2.22. The van der Waals surface area contributed by atoms with Gasteiger partial charge in [-0.1, -0.05) is 0 Å². The van der Waals surface area contributed by atoms with Crippen molar-refractivity contribution in [2.45, 2.75) is 18.6 Å². The van der Waals surface area contributed by atoms with E-state index in [1.54, 1.807) is 0 Å². The molecule has 1 saturated heterocycles. The molecule has 6 heteroatoms. The van der Waals surface area contributed by atoms with Crippen LogP contribution in [0.5, 0.6) is 0 Å². The van der Waals surface area contributed by atoms with Gasteiger partial charge in [-0.05, 0) is 18.6 Å². The van der Waals surface area contributed by atoms with E-state index in [1.165, 1.54) is 12.0 Å². The summed E-state index contributed by atoms with van der Waals surface area (Å²) in [6.07, 6.45) is 0.325. The van der Waals surface area contributed by atoms with Crippen molar-refractivity contribution >= 4 is 5.91 Å². The van der Waals surface area contributed by atoms with E-state index >= 15 is 0 Å². The number of aliphatic hydroxyl groups excluding tert-OH is 1. The summed E-state index contributed by atoms with van der Waals surface area (Å²) in [4.78, 5) is 13.6. The molecule has 0 aromatic heterocycles. The van der Waals surface area contributed by atoms with Crippen LogP contribution < -0.4 is 0 Å². The summed E-state index contributed by atoms with van der Waals surface area (Å²) < 4.78 is 31.6. The highest BCUT2D eigenvalue weighted by atomic mass is 19.1. The first-order valence-electron chi connectivity index (χ1n) is 5.96. The predicted molar refractivity (Wildman–Crippen MR) is 63.7 cm³/mol. The van der Waals surface area contributed by atoms with Gasteiger partial charge in [-0.3, -0.25) is 4.79 Å². The lowest BCUT2D eigenvalue weighted by molar-refractivity contribution is 0.0643. The number of rotatable bonds is 3. The molecule has 1 heterocycles. The van der Waals surface area contributed by atoms with E-state index in [1.807, 2.05) is 0 Å². The third-order valence-corrected chi connectivity index (χ3v) is 3.34. The fraction of sp³-hybridized carbons (Fsp3) is 0.462. The average molecular weight is 271 g/mol. The Morgan fingerprint density at radius 1 is 1.53 bits per heavy atom. The number of halogens is 2. The molecule has 1 amide bonds. The normalized spacial score (nSPS) is 22.8. The quantitative estimate of drug-likeness (QED) is 0.898. The number of amides is 1. The van der Waals surface area contributed by atoms with Crippen LogP contribution >= 0.6 is 0 Å². The van der Waals surface area contributed by atoms with Crippen molar-refractivity contribution in [3.63, 3.8) is 0 Å². The molecule has 0 radical (unpaired) electrons. The lowest BCUT2D eigenvalue weighted by Crippen LogP contribution is -2.38. The summed E-state index contributed by atoms with van der Waals surface area (Å²) in [6.45, 7) is 0.0752. The van der Waals surface area contributed by atoms with Crippen molar-refractivity contribution in [3.05, 3.63) is 35.4 Å². The first kappa shape index (κ1) is 13.9. The maximum atomic E-state index is 13.6. The van der Waals surface area contributed by atoms with Gasteiger partial charge >= 0.3 is 0 Å². The van der Waals surface area contributed by atoms with Gasteiger partial charge in [0.25, 0.3) is 5.91 Å². The first-order chi connectivity index (χ1) is 9.06. The Balaban J connectivity index is 2.23. The number of methoxy groups -OCH3 is 1. The van der Waals surface area contributed by atoms with Crippen LogP contribution in [-0.2, 0) is 4.74 Å². The maximum Gasteiger partial charge on any atom is 0.257 e. The van der Waals surface area contributed by atoms with Gasteiger partial charge in [-0.25, -0.2) is 8.78 Å². The largest absolute Gasteiger partial charge is 0.394 e. The molecule has 19 heavy (non-hydrogen) atoms. The zero-order chi connectivity index (χ0) is 14.0. The number of carbonyl (C=O) groups excluding carboxylic acids is 1. The van der Waals surface area contributed by atoms with Crippen LogP contribution in [0.2, 0.25) is 0 Å². The summed E-state index contributed by atoms with van der Waals surface area (Å²) in [5.41, 5.74) is -0.198. The SMILES string of the molecule is CO[C@@H]1C[C@@H](CO)N(C(=O)c2ccc(F)cc2F)C1. The van der Waals surface area contributed by atoms with Gasteiger partial charge in [0.1, 0.15) is 11.6 Å². The third kappa shape index (κ3) is 2.74. The Labute approximate surface area is 109 Å². The second-order valence-electron chi connectivity index (χ2n) is 4.51. The fourth-order valence-corrected chi connectivity index (χ4v) is 2.28. The van der Waals surface area contributed by atoms with Gasteiger partial charge < -0.3 is 14.7 Å². The summed E-state index contributed by atoms with van der Waals surface area (Å²) >= 11 is 0. The summed E-state index contributed by atoms with van der Waals surface area (Å²) in [5.74, 6) is -2.19. The Kier molecular flexibility index (Phi) is 4.11. The Bertz CT molecular complexity index is 481. The van der Waals surface area contributed by atoms with Gasteiger partial charge in [0.2, 0.25) is 0 Å². The highest BCUT2D eigenvalue weighted by Crippen LogP contribution is 2.23. The molecular formula is C13H15F2NO3. The number of benzene rings is 1. The Morgan fingerprint density at radius 3 is 2.84 bits per heavy atom. The molecule has 0 aliphatic carbocycles. The zero-order valence-electron chi connectivity index (χ0n) is 10.5. The Hall–Kier alpha value is -1.53. The minimum absolute atomic E-state index is 0.176. The lowest BCUT2D eigenvalue weighted by atomic mass is 10.1. The number of ether oxygens (including phenoxy) is 1. The van der Waals surface area contributed by atoms with Crippen molar-refractivity contribution in [2.24, 2.45) is 0 Å². The second kappa shape index (κ2) is 5.63. The van der Waals surface area contributed by atoms with E-state index < -0.39 is 23.6 Å². The topological polar surface area (TPSA) is 49.8 Å². The van der Waals surface area contributed by atoms with Crippen LogP contribution in [0.4, 0.5) is 8.78 Å². The zero-order valence-corrected chi connectivity index (χ0v) is 10.5. The van der Waals surface area contributed by atoms with Gasteiger partial charge in [0.15, 0.2) is 0 Å². The molecule has 1 aliphatic rings. The first-order valence-corrected chi connectivity index (χ1v) is 5.96. The van der Waals surface area contributed by atoms with E-state index in [2.05, 4.69) is 0 Å². The number of hydrogen-bond acceptors (Lipinski definition) is 3. The maximum absolute atomic E-state index is 13.6. The molecule has 0 unspecified atom stereocenters. The monoisotopic (exact) mass is 271 g/mol. The summed E-state index contributed by atoms with van der Waals surface area (Å²) in [5, 5.41) is 9.26. The Morgan fingerprint density at radius 2 is 2.26 bits per heavy atom. The van der Waals surface area contributed by atoms with E-state index in [4.69, 9.17) is 4.74 Å². The van der Waals surface area contributed by atoms with E-state index in [0.717, 1.165) is 12.1 Å². The number of likely N-dealkylation sites (tertiary alicyclic amines) is 1. The molecule has 1 fully saturated rings. The van der Waals surface area contributed by atoms with Gasteiger partial charge in [-0.15, -0.1) is 0 Å². The van der Waals surface area contributed by atoms with Gasteiger partial charge in [0.05, 0.1) is 24.3 Å².